The lowest BCUT2D eigenvalue weighted by molar-refractivity contribution is 0.321. The zero-order valence-electron chi connectivity index (χ0n) is 5.72. The molecule has 0 amide bonds. The number of nitrogens with one attached hydrogen (secondary N) is 1. The highest BCUT2D eigenvalue weighted by molar-refractivity contribution is 4.95. The van der Waals surface area contributed by atoms with Crippen LogP contribution in [0.4, 0.5) is 0 Å². The predicted molar refractivity (Wildman–Crippen MR) is 37.6 cm³/mol. The summed E-state index contributed by atoms with van der Waals surface area (Å²) in [5.41, 5.74) is 5.83. The number of rotatable bonds is 4. The molecule has 0 heterocycles. The fourth-order valence-corrected chi connectivity index (χ4v) is 0.453. The molecule has 0 aromatic heterocycles. The van der Waals surface area contributed by atoms with Crippen LogP contribution < -0.4 is 11.1 Å². The molecule has 0 aliphatic carbocycles. The molecule has 3 heteroatoms. The van der Waals surface area contributed by atoms with E-state index >= 15 is 0 Å². The van der Waals surface area contributed by atoms with Crippen molar-refractivity contribution in [3.8, 4) is 0 Å². The Morgan fingerprint density at radius 1 is 1.78 bits per heavy atom. The molecular formula is C6H14N2O. The molecule has 0 spiro atoms. The summed E-state index contributed by atoms with van der Waals surface area (Å²) >= 11 is 0. The highest BCUT2D eigenvalue weighted by Crippen LogP contribution is 1.82. The van der Waals surface area contributed by atoms with E-state index in [4.69, 9.17) is 10.8 Å². The molecule has 0 saturated heterocycles. The van der Waals surface area contributed by atoms with Gasteiger partial charge in [-0.3, -0.25) is 0 Å². The Bertz CT molecular complexity index is 91.1. The van der Waals surface area contributed by atoms with Crippen LogP contribution in [-0.4, -0.2) is 18.3 Å². The third kappa shape index (κ3) is 3.85. The minimum Gasteiger partial charge on any atom is -0.403 e. The Hall–Kier alpha value is -0.700. The molecule has 4 N–H and O–H groups in total. The molecule has 54 valence electrons. The molecule has 0 aliphatic rings. The molecule has 0 aliphatic heterocycles. The van der Waals surface area contributed by atoms with Crippen LogP contribution in [0.25, 0.3) is 0 Å². The summed E-state index contributed by atoms with van der Waals surface area (Å²) in [5, 5.41) is 11.5. The lowest BCUT2D eigenvalue weighted by atomic mass is 10.4. The second-order valence-electron chi connectivity index (χ2n) is 1.78. The molecular weight excluding hydrogens is 116 g/mol. The van der Waals surface area contributed by atoms with Crippen molar-refractivity contribution in [1.29, 1.82) is 0 Å². The predicted octanol–water partition coefficient (Wildman–Crippen LogP) is -0.222. The summed E-state index contributed by atoms with van der Waals surface area (Å²) in [6.45, 7) is 2.92. The second kappa shape index (κ2) is 5.44. The third-order valence-electron chi connectivity index (χ3n) is 0.974. The van der Waals surface area contributed by atoms with E-state index in [2.05, 4.69) is 12.2 Å². The topological polar surface area (TPSA) is 58.3 Å². The van der Waals surface area contributed by atoms with Crippen molar-refractivity contribution in [2.24, 2.45) is 5.73 Å². The van der Waals surface area contributed by atoms with Gasteiger partial charge in [0.25, 0.3) is 0 Å². The van der Waals surface area contributed by atoms with Crippen molar-refractivity contribution < 1.29 is 5.11 Å². The van der Waals surface area contributed by atoms with Gasteiger partial charge >= 0.3 is 0 Å². The van der Waals surface area contributed by atoms with Crippen molar-refractivity contribution in [3.63, 3.8) is 0 Å². The molecule has 0 aromatic rings. The first-order valence-electron chi connectivity index (χ1n) is 3.10. The van der Waals surface area contributed by atoms with Crippen molar-refractivity contribution >= 4 is 0 Å². The summed E-state index contributed by atoms with van der Waals surface area (Å²) in [4.78, 5) is 0. The summed E-state index contributed by atoms with van der Waals surface area (Å²) in [7, 11) is 0. The van der Waals surface area contributed by atoms with E-state index in [-0.39, 0.29) is 6.61 Å². The van der Waals surface area contributed by atoms with Gasteiger partial charge in [-0.25, -0.2) is 0 Å². The van der Waals surface area contributed by atoms with Gasteiger partial charge in [0.05, 0.1) is 12.3 Å². The van der Waals surface area contributed by atoms with Gasteiger partial charge in [-0.05, 0) is 6.42 Å². The van der Waals surface area contributed by atoms with Crippen LogP contribution in [0.15, 0.2) is 11.9 Å². The van der Waals surface area contributed by atoms with Crippen LogP contribution in [0.2, 0.25) is 0 Å². The van der Waals surface area contributed by atoms with Gasteiger partial charge in [0.1, 0.15) is 0 Å². The van der Waals surface area contributed by atoms with E-state index in [9.17, 15) is 0 Å². The minimum atomic E-state index is -0.00347. The molecule has 0 rings (SSSR count). The highest BCUT2D eigenvalue weighted by Gasteiger charge is 1.88. The van der Waals surface area contributed by atoms with Crippen molar-refractivity contribution in [2.45, 2.75) is 13.3 Å². The van der Waals surface area contributed by atoms with Crippen LogP contribution >= 0.6 is 0 Å². The standard InChI is InChI=1S/C6H14N2O/c1-2-3-8-6(4-7)5-9/h4,8-9H,2-3,5,7H2,1H3/b6-4-. The zero-order valence-corrected chi connectivity index (χ0v) is 5.72. The van der Waals surface area contributed by atoms with E-state index in [1.54, 1.807) is 0 Å². The molecule has 0 atom stereocenters. The van der Waals surface area contributed by atoms with Crippen LogP contribution in [0.1, 0.15) is 13.3 Å². The van der Waals surface area contributed by atoms with E-state index in [1.807, 2.05) is 0 Å². The first-order valence-corrected chi connectivity index (χ1v) is 3.10. The van der Waals surface area contributed by atoms with Crippen molar-refractivity contribution in [2.75, 3.05) is 13.2 Å². The van der Waals surface area contributed by atoms with E-state index in [0.29, 0.717) is 5.70 Å². The van der Waals surface area contributed by atoms with Crippen LogP contribution in [0, 0.1) is 0 Å². The molecule has 0 radical (unpaired) electrons. The molecule has 9 heavy (non-hydrogen) atoms. The molecule has 0 fully saturated rings. The average molecular weight is 130 g/mol. The lowest BCUT2D eigenvalue weighted by Gasteiger charge is -2.04. The van der Waals surface area contributed by atoms with Crippen molar-refractivity contribution in [1.82, 2.24) is 5.32 Å². The van der Waals surface area contributed by atoms with E-state index in [1.165, 1.54) is 6.20 Å². The SMILES string of the molecule is CCCN/C(=C\N)CO. The zero-order chi connectivity index (χ0) is 7.11. The van der Waals surface area contributed by atoms with Gasteiger partial charge in [0, 0.05) is 12.7 Å². The van der Waals surface area contributed by atoms with Gasteiger partial charge < -0.3 is 16.2 Å². The number of aliphatic hydroxyl groups excluding tert-OH is 1. The van der Waals surface area contributed by atoms with Crippen LogP contribution in [-0.2, 0) is 0 Å². The molecule has 0 saturated carbocycles. The first kappa shape index (κ1) is 8.30. The Morgan fingerprint density at radius 2 is 2.44 bits per heavy atom. The second-order valence-corrected chi connectivity index (χ2v) is 1.78. The maximum absolute atomic E-state index is 8.54. The highest BCUT2D eigenvalue weighted by atomic mass is 16.3. The normalized spacial score (nSPS) is 11.6. The fraction of sp³-hybridized carbons (Fsp3) is 0.667. The quantitative estimate of drug-likeness (QED) is 0.493. The largest absolute Gasteiger partial charge is 0.403 e. The summed E-state index contributed by atoms with van der Waals surface area (Å²) in [5.74, 6) is 0. The number of nitrogens with two attached hydrogens (primary N) is 1. The van der Waals surface area contributed by atoms with Gasteiger partial charge in [-0.15, -0.1) is 0 Å². The number of hydrogen-bond acceptors (Lipinski definition) is 3. The van der Waals surface area contributed by atoms with Crippen LogP contribution in [0.3, 0.4) is 0 Å². The average Bonchev–Trinajstić information content (AvgIpc) is 1.91. The first-order chi connectivity index (χ1) is 4.35. The third-order valence-corrected chi connectivity index (χ3v) is 0.974. The lowest BCUT2D eigenvalue weighted by Crippen LogP contribution is -2.17. The summed E-state index contributed by atoms with van der Waals surface area (Å²) in [6, 6.07) is 0. The Kier molecular flexibility index (Phi) is 5.01. The monoisotopic (exact) mass is 130 g/mol. The summed E-state index contributed by atoms with van der Waals surface area (Å²) in [6.07, 6.45) is 2.42. The Morgan fingerprint density at radius 3 is 2.78 bits per heavy atom. The van der Waals surface area contributed by atoms with Gasteiger partial charge in [0.15, 0.2) is 0 Å². The minimum absolute atomic E-state index is 0.00347. The van der Waals surface area contributed by atoms with Gasteiger partial charge in [-0.2, -0.15) is 0 Å². The summed E-state index contributed by atoms with van der Waals surface area (Å²) < 4.78 is 0. The fourth-order valence-electron chi connectivity index (χ4n) is 0.453. The molecule has 3 nitrogen and oxygen atoms in total. The molecule has 0 bridgehead atoms. The smallest absolute Gasteiger partial charge is 0.0842 e. The maximum atomic E-state index is 8.54. The van der Waals surface area contributed by atoms with E-state index in [0.717, 1.165) is 13.0 Å². The van der Waals surface area contributed by atoms with Crippen molar-refractivity contribution in [3.05, 3.63) is 11.9 Å². The number of aliphatic hydroxyl groups is 1. The Balaban J connectivity index is 3.33. The van der Waals surface area contributed by atoms with Gasteiger partial charge in [-0.1, -0.05) is 6.92 Å². The Labute approximate surface area is 55.6 Å². The molecule has 0 unspecified atom stereocenters. The number of hydrogen-bond donors (Lipinski definition) is 3. The molecule has 0 aromatic carbocycles. The van der Waals surface area contributed by atoms with Gasteiger partial charge in [0.2, 0.25) is 0 Å². The van der Waals surface area contributed by atoms with Crippen LogP contribution in [0.5, 0.6) is 0 Å². The van der Waals surface area contributed by atoms with E-state index < -0.39 is 0 Å². The maximum Gasteiger partial charge on any atom is 0.0842 e.